The number of carbonyl (C=O) groups excluding carboxylic acids is 3. The number of nitrogens with one attached hydrogen (secondary N) is 2. The second kappa shape index (κ2) is 8.04. The Labute approximate surface area is 185 Å². The van der Waals surface area contributed by atoms with Crippen molar-refractivity contribution in [1.29, 1.82) is 0 Å². The normalized spacial score (nSPS) is 18.4. The lowest BCUT2D eigenvalue weighted by atomic mass is 9.92. The lowest BCUT2D eigenvalue weighted by Crippen LogP contribution is -2.42. The molecule has 1 atom stereocenters. The molecule has 12 heteroatoms. The minimum absolute atomic E-state index is 0.125. The van der Waals surface area contributed by atoms with Gasteiger partial charge in [0.25, 0.3) is 5.91 Å². The number of alkyl halides is 3. The molecule has 2 heterocycles. The second-order valence-corrected chi connectivity index (χ2v) is 7.43. The van der Waals surface area contributed by atoms with Crippen LogP contribution in [0.4, 0.5) is 23.7 Å². The van der Waals surface area contributed by atoms with Crippen LogP contribution in [0.1, 0.15) is 18.1 Å². The van der Waals surface area contributed by atoms with Gasteiger partial charge in [-0.3, -0.25) is 14.5 Å². The molecule has 170 valence electrons. The number of hydrogen-bond donors (Lipinski definition) is 2. The van der Waals surface area contributed by atoms with E-state index >= 15 is 0 Å². The monoisotopic (exact) mass is 458 g/mol. The van der Waals surface area contributed by atoms with Gasteiger partial charge in [0.2, 0.25) is 5.91 Å². The summed E-state index contributed by atoms with van der Waals surface area (Å²) in [5.74, 6) is -1.52. The number of nitrogens with zero attached hydrogens (tertiary/aromatic N) is 4. The molecule has 3 aromatic rings. The van der Waals surface area contributed by atoms with E-state index in [1.54, 1.807) is 30.3 Å². The first-order valence-corrected chi connectivity index (χ1v) is 9.65. The Morgan fingerprint density at radius 1 is 1.15 bits per heavy atom. The van der Waals surface area contributed by atoms with Crippen LogP contribution >= 0.6 is 0 Å². The Balaban J connectivity index is 1.58. The first-order chi connectivity index (χ1) is 15.6. The van der Waals surface area contributed by atoms with Gasteiger partial charge in [0.15, 0.2) is 0 Å². The van der Waals surface area contributed by atoms with E-state index in [4.69, 9.17) is 0 Å². The van der Waals surface area contributed by atoms with Crippen LogP contribution in [0, 0.1) is 0 Å². The van der Waals surface area contributed by atoms with E-state index in [0.717, 1.165) is 18.2 Å². The summed E-state index contributed by atoms with van der Waals surface area (Å²) in [5.41, 5.74) is -1.93. The van der Waals surface area contributed by atoms with E-state index in [0.29, 0.717) is 10.5 Å². The van der Waals surface area contributed by atoms with Crippen molar-refractivity contribution in [3.8, 4) is 5.69 Å². The van der Waals surface area contributed by atoms with E-state index in [1.807, 2.05) is 0 Å². The Morgan fingerprint density at radius 2 is 1.88 bits per heavy atom. The number of halogens is 3. The zero-order valence-electron chi connectivity index (χ0n) is 17.1. The standard InChI is InChI=1S/C21H17F3N6O3/c1-20(13-5-3-2-4-6-13)18(32)29(19(33)28-20)10-17(31)27-15-9-14(21(22,23)24)7-8-16(15)30-12-25-11-26-30/h2-9,11-12H,10H2,1H3,(H,27,31)(H,28,33). The van der Waals surface area contributed by atoms with E-state index in [9.17, 15) is 27.6 Å². The Hall–Kier alpha value is -4.22. The molecule has 1 aliphatic rings. The van der Waals surface area contributed by atoms with Gasteiger partial charge in [-0.25, -0.2) is 14.5 Å². The van der Waals surface area contributed by atoms with Gasteiger partial charge < -0.3 is 10.6 Å². The van der Waals surface area contributed by atoms with E-state index in [1.165, 1.54) is 24.3 Å². The number of carbonyl (C=O) groups is 3. The molecule has 9 nitrogen and oxygen atoms in total. The zero-order chi connectivity index (χ0) is 23.8. The molecule has 0 radical (unpaired) electrons. The number of benzene rings is 2. The van der Waals surface area contributed by atoms with Gasteiger partial charge in [0, 0.05) is 0 Å². The maximum atomic E-state index is 13.2. The molecule has 1 aliphatic heterocycles. The number of anilines is 1. The minimum atomic E-state index is -4.65. The number of hydrogen-bond acceptors (Lipinski definition) is 5. The second-order valence-electron chi connectivity index (χ2n) is 7.43. The van der Waals surface area contributed by atoms with Gasteiger partial charge >= 0.3 is 12.2 Å². The third-order valence-corrected chi connectivity index (χ3v) is 5.19. The third kappa shape index (κ3) is 4.14. The molecular weight excluding hydrogens is 441 g/mol. The summed E-state index contributed by atoms with van der Waals surface area (Å²) in [6.45, 7) is 0.816. The fraction of sp³-hybridized carbons (Fsp3) is 0.190. The van der Waals surface area contributed by atoms with Crippen LogP contribution in [0.3, 0.4) is 0 Å². The molecule has 0 saturated carbocycles. The number of rotatable bonds is 5. The van der Waals surface area contributed by atoms with Gasteiger partial charge in [-0.15, -0.1) is 0 Å². The van der Waals surface area contributed by atoms with E-state index in [2.05, 4.69) is 20.7 Å². The molecule has 4 rings (SSSR count). The highest BCUT2D eigenvalue weighted by Gasteiger charge is 2.49. The molecule has 1 aromatic heterocycles. The van der Waals surface area contributed by atoms with Crippen molar-refractivity contribution in [3.63, 3.8) is 0 Å². The molecule has 4 amide bonds. The third-order valence-electron chi connectivity index (χ3n) is 5.19. The topological polar surface area (TPSA) is 109 Å². The summed E-state index contributed by atoms with van der Waals surface area (Å²) in [6.07, 6.45) is -2.22. The predicted molar refractivity (Wildman–Crippen MR) is 109 cm³/mol. The fourth-order valence-corrected chi connectivity index (χ4v) is 3.49. The lowest BCUT2D eigenvalue weighted by molar-refractivity contribution is -0.137. The minimum Gasteiger partial charge on any atom is -0.323 e. The lowest BCUT2D eigenvalue weighted by Gasteiger charge is -2.22. The molecule has 0 bridgehead atoms. The summed E-state index contributed by atoms with van der Waals surface area (Å²) in [5, 5.41) is 8.78. The van der Waals surface area contributed by atoms with Crippen molar-refractivity contribution in [1.82, 2.24) is 25.0 Å². The average Bonchev–Trinajstić information content (AvgIpc) is 3.37. The maximum Gasteiger partial charge on any atom is 0.416 e. The average molecular weight is 458 g/mol. The summed E-state index contributed by atoms with van der Waals surface area (Å²) in [7, 11) is 0. The SMILES string of the molecule is CC1(c2ccccc2)NC(=O)N(CC(=O)Nc2cc(C(F)(F)F)ccc2-n2cncn2)C1=O. The number of imide groups is 1. The largest absolute Gasteiger partial charge is 0.416 e. The molecule has 0 aliphatic carbocycles. The van der Waals surface area contributed by atoms with Crippen molar-refractivity contribution >= 4 is 23.5 Å². The predicted octanol–water partition coefficient (Wildman–Crippen LogP) is 2.69. The van der Waals surface area contributed by atoms with Crippen LogP contribution in [-0.2, 0) is 21.3 Å². The summed E-state index contributed by atoms with van der Waals surface area (Å²) in [6, 6.07) is 10.4. The summed E-state index contributed by atoms with van der Waals surface area (Å²) < 4.78 is 40.8. The van der Waals surface area contributed by atoms with Gasteiger partial charge in [0.1, 0.15) is 24.7 Å². The molecule has 0 spiro atoms. The molecule has 1 unspecified atom stereocenters. The summed E-state index contributed by atoms with van der Waals surface area (Å²) in [4.78, 5) is 42.5. The first kappa shape index (κ1) is 22.0. The maximum absolute atomic E-state index is 13.2. The van der Waals surface area contributed by atoms with Crippen molar-refractivity contribution in [2.24, 2.45) is 0 Å². The Morgan fingerprint density at radius 3 is 2.52 bits per heavy atom. The Kier molecular flexibility index (Phi) is 5.36. The highest BCUT2D eigenvalue weighted by Crippen LogP contribution is 2.33. The van der Waals surface area contributed by atoms with Crippen LogP contribution in [0.5, 0.6) is 0 Å². The van der Waals surface area contributed by atoms with E-state index < -0.39 is 41.7 Å². The smallest absolute Gasteiger partial charge is 0.323 e. The first-order valence-electron chi connectivity index (χ1n) is 9.65. The zero-order valence-corrected chi connectivity index (χ0v) is 17.1. The molecule has 2 N–H and O–H groups in total. The summed E-state index contributed by atoms with van der Waals surface area (Å²) >= 11 is 0. The van der Waals surface area contributed by atoms with Crippen LogP contribution in [-0.4, -0.2) is 44.1 Å². The number of aromatic nitrogens is 3. The van der Waals surface area contributed by atoms with Crippen molar-refractivity contribution in [2.45, 2.75) is 18.6 Å². The molecule has 2 aromatic carbocycles. The molecular formula is C21H17F3N6O3. The van der Waals surface area contributed by atoms with E-state index in [-0.39, 0.29) is 11.4 Å². The van der Waals surface area contributed by atoms with Crippen molar-refractivity contribution in [2.75, 3.05) is 11.9 Å². The van der Waals surface area contributed by atoms with Gasteiger partial charge in [-0.2, -0.15) is 18.3 Å². The Bertz CT molecular complexity index is 1210. The molecule has 1 fully saturated rings. The van der Waals surface area contributed by atoms with Gasteiger partial charge in [-0.05, 0) is 30.7 Å². The van der Waals surface area contributed by atoms with Crippen molar-refractivity contribution in [3.05, 3.63) is 72.3 Å². The fourth-order valence-electron chi connectivity index (χ4n) is 3.49. The quantitative estimate of drug-likeness (QED) is 0.572. The van der Waals surface area contributed by atoms with Gasteiger partial charge in [0.05, 0.1) is 16.9 Å². The highest BCUT2D eigenvalue weighted by atomic mass is 19.4. The molecule has 33 heavy (non-hydrogen) atoms. The highest BCUT2D eigenvalue weighted by molar-refractivity contribution is 6.10. The van der Waals surface area contributed by atoms with Gasteiger partial charge in [-0.1, -0.05) is 30.3 Å². The van der Waals surface area contributed by atoms with Crippen LogP contribution < -0.4 is 10.6 Å². The van der Waals surface area contributed by atoms with Crippen molar-refractivity contribution < 1.29 is 27.6 Å². The van der Waals surface area contributed by atoms with Crippen LogP contribution in [0.2, 0.25) is 0 Å². The molecule has 1 saturated heterocycles. The van der Waals surface area contributed by atoms with Crippen LogP contribution in [0.25, 0.3) is 5.69 Å². The number of urea groups is 1. The van der Waals surface area contributed by atoms with Crippen LogP contribution in [0.15, 0.2) is 61.2 Å². The number of amides is 4.